The van der Waals surface area contributed by atoms with Crippen molar-refractivity contribution in [3.8, 4) is 0 Å². The van der Waals surface area contributed by atoms with Crippen LogP contribution in [0.25, 0.3) is 0 Å². The molecule has 4 nitrogen and oxygen atoms in total. The summed E-state index contributed by atoms with van der Waals surface area (Å²) in [7, 11) is 0. The van der Waals surface area contributed by atoms with Crippen molar-refractivity contribution < 1.29 is 14.3 Å². The van der Waals surface area contributed by atoms with Crippen molar-refractivity contribution >= 4 is 11.8 Å². The van der Waals surface area contributed by atoms with Crippen molar-refractivity contribution in [3.05, 3.63) is 0 Å². The fourth-order valence-electron chi connectivity index (χ4n) is 2.83. The quantitative estimate of drug-likeness (QED) is 0.558. The lowest BCUT2D eigenvalue weighted by molar-refractivity contribution is -0.158. The number of nitrogens with zero attached hydrogens (tertiary/aromatic N) is 1. The van der Waals surface area contributed by atoms with Gasteiger partial charge in [0.05, 0.1) is 13.2 Å². The lowest BCUT2D eigenvalue weighted by Crippen LogP contribution is -2.42. The number of rotatable bonds is 6. The minimum absolute atomic E-state index is 0.0380. The average molecular weight is 297 g/mol. The number of carbonyl (C=O) groups is 2. The van der Waals surface area contributed by atoms with E-state index >= 15 is 0 Å². The summed E-state index contributed by atoms with van der Waals surface area (Å²) in [6.07, 6.45) is 3.52. The van der Waals surface area contributed by atoms with E-state index in [2.05, 4.69) is 18.7 Å². The Morgan fingerprint density at radius 2 is 1.90 bits per heavy atom. The Labute approximate surface area is 129 Å². The van der Waals surface area contributed by atoms with Gasteiger partial charge >= 0.3 is 5.97 Å². The molecule has 1 atom stereocenters. The van der Waals surface area contributed by atoms with Gasteiger partial charge in [-0.1, -0.05) is 13.8 Å². The van der Waals surface area contributed by atoms with Crippen molar-refractivity contribution in [3.63, 3.8) is 0 Å². The average Bonchev–Trinajstić information content (AvgIpc) is 2.64. The number of ether oxygens (including phenoxy) is 1. The molecule has 0 amide bonds. The summed E-state index contributed by atoms with van der Waals surface area (Å²) in [6.45, 7) is 12.2. The second-order valence-corrected chi connectivity index (χ2v) is 6.98. The van der Waals surface area contributed by atoms with Gasteiger partial charge in [0.25, 0.3) is 0 Å². The molecule has 1 aliphatic heterocycles. The van der Waals surface area contributed by atoms with E-state index in [4.69, 9.17) is 4.74 Å². The Morgan fingerprint density at radius 1 is 1.24 bits per heavy atom. The van der Waals surface area contributed by atoms with Gasteiger partial charge in [-0.15, -0.1) is 0 Å². The summed E-state index contributed by atoms with van der Waals surface area (Å²) in [4.78, 5) is 26.5. The molecule has 1 unspecified atom stereocenters. The third kappa shape index (κ3) is 5.10. The van der Waals surface area contributed by atoms with Crippen molar-refractivity contribution in [1.29, 1.82) is 0 Å². The third-order valence-corrected chi connectivity index (χ3v) is 4.66. The molecule has 0 spiro atoms. The summed E-state index contributed by atoms with van der Waals surface area (Å²) in [5.41, 5.74) is -1.04. The fourth-order valence-corrected chi connectivity index (χ4v) is 2.83. The highest BCUT2D eigenvalue weighted by atomic mass is 16.5. The smallest absolute Gasteiger partial charge is 0.319 e. The normalized spacial score (nSPS) is 21.1. The Hall–Kier alpha value is -0.900. The molecule has 21 heavy (non-hydrogen) atoms. The van der Waals surface area contributed by atoms with E-state index in [-0.39, 0.29) is 5.78 Å². The van der Waals surface area contributed by atoms with Crippen LogP contribution in [0.4, 0.5) is 0 Å². The molecule has 1 saturated heterocycles. The zero-order valence-electron chi connectivity index (χ0n) is 14.3. The van der Waals surface area contributed by atoms with Gasteiger partial charge in [-0.2, -0.15) is 0 Å². The Morgan fingerprint density at radius 3 is 2.48 bits per heavy atom. The largest absolute Gasteiger partial charge is 0.465 e. The first-order valence-electron chi connectivity index (χ1n) is 8.21. The van der Waals surface area contributed by atoms with E-state index in [1.807, 2.05) is 0 Å². The highest BCUT2D eigenvalue weighted by Gasteiger charge is 2.38. The monoisotopic (exact) mass is 297 g/mol. The SMILES string of the molecule is CCOC(=O)C(C)(C)C(=O)CN1CCCC(C(C)C)CC1. The maximum Gasteiger partial charge on any atom is 0.319 e. The summed E-state index contributed by atoms with van der Waals surface area (Å²) >= 11 is 0. The Bertz CT molecular complexity index is 363. The Balaban J connectivity index is 2.56. The van der Waals surface area contributed by atoms with E-state index in [1.165, 1.54) is 6.42 Å². The Kier molecular flexibility index (Phi) is 6.85. The van der Waals surface area contributed by atoms with Crippen molar-refractivity contribution in [2.45, 2.75) is 53.9 Å². The molecule has 0 aliphatic carbocycles. The summed E-state index contributed by atoms with van der Waals surface area (Å²) in [6, 6.07) is 0. The van der Waals surface area contributed by atoms with Crippen LogP contribution in [0.1, 0.15) is 53.9 Å². The molecule has 0 aromatic heterocycles. The highest BCUT2D eigenvalue weighted by Crippen LogP contribution is 2.25. The van der Waals surface area contributed by atoms with Crippen LogP contribution in [-0.2, 0) is 14.3 Å². The molecule has 0 bridgehead atoms. The van der Waals surface area contributed by atoms with Crippen LogP contribution in [0, 0.1) is 17.3 Å². The van der Waals surface area contributed by atoms with Crippen molar-refractivity contribution in [2.24, 2.45) is 17.3 Å². The first-order chi connectivity index (χ1) is 9.78. The molecule has 0 aromatic rings. The lowest BCUT2D eigenvalue weighted by Gasteiger charge is -2.26. The van der Waals surface area contributed by atoms with Gasteiger partial charge in [0.2, 0.25) is 0 Å². The van der Waals surface area contributed by atoms with E-state index in [0.29, 0.717) is 19.1 Å². The number of Topliss-reactive ketones (excluding diaryl/α,β-unsaturated/α-hetero) is 1. The minimum Gasteiger partial charge on any atom is -0.465 e. The minimum atomic E-state index is -1.04. The predicted molar refractivity (Wildman–Crippen MR) is 84.0 cm³/mol. The van der Waals surface area contributed by atoms with Gasteiger partial charge in [0.1, 0.15) is 5.41 Å². The van der Waals surface area contributed by atoms with Gasteiger partial charge in [-0.05, 0) is 65.0 Å². The van der Waals surface area contributed by atoms with E-state index in [0.717, 1.165) is 31.8 Å². The van der Waals surface area contributed by atoms with Crippen LogP contribution < -0.4 is 0 Å². The van der Waals surface area contributed by atoms with E-state index < -0.39 is 11.4 Å². The standard InChI is InChI=1S/C17H31NO3/c1-6-21-16(20)17(4,5)15(19)12-18-10-7-8-14(9-11-18)13(2)3/h13-14H,6-12H2,1-5H3. The summed E-state index contributed by atoms with van der Waals surface area (Å²) < 4.78 is 5.01. The predicted octanol–water partition coefficient (Wildman–Crippen LogP) is 2.90. The van der Waals surface area contributed by atoms with Gasteiger partial charge in [0.15, 0.2) is 5.78 Å². The van der Waals surface area contributed by atoms with Crippen LogP contribution >= 0.6 is 0 Å². The van der Waals surface area contributed by atoms with Gasteiger partial charge < -0.3 is 4.74 Å². The first kappa shape index (κ1) is 18.1. The second kappa shape index (κ2) is 7.92. The van der Waals surface area contributed by atoms with Crippen LogP contribution in [0.2, 0.25) is 0 Å². The van der Waals surface area contributed by atoms with E-state index in [9.17, 15) is 9.59 Å². The van der Waals surface area contributed by atoms with Crippen LogP contribution in [0.5, 0.6) is 0 Å². The molecule has 0 aromatic carbocycles. The number of carbonyl (C=O) groups excluding carboxylic acids is 2. The number of esters is 1. The number of hydrogen-bond donors (Lipinski definition) is 0. The molecular formula is C17H31NO3. The lowest BCUT2D eigenvalue weighted by atomic mass is 9.87. The number of hydrogen-bond acceptors (Lipinski definition) is 4. The summed E-state index contributed by atoms with van der Waals surface area (Å²) in [5.74, 6) is 1.01. The zero-order valence-corrected chi connectivity index (χ0v) is 14.3. The third-order valence-electron chi connectivity index (χ3n) is 4.66. The van der Waals surface area contributed by atoms with E-state index in [1.54, 1.807) is 20.8 Å². The molecule has 1 heterocycles. The topological polar surface area (TPSA) is 46.6 Å². The molecule has 122 valence electrons. The van der Waals surface area contributed by atoms with Gasteiger partial charge in [0, 0.05) is 0 Å². The maximum absolute atomic E-state index is 12.4. The van der Waals surface area contributed by atoms with Crippen LogP contribution in [0.3, 0.4) is 0 Å². The van der Waals surface area contributed by atoms with Gasteiger partial charge in [-0.3, -0.25) is 14.5 Å². The molecular weight excluding hydrogens is 266 g/mol. The van der Waals surface area contributed by atoms with Crippen LogP contribution in [-0.4, -0.2) is 42.9 Å². The second-order valence-electron chi connectivity index (χ2n) is 6.98. The number of ketones is 1. The molecule has 4 heteroatoms. The molecule has 1 fully saturated rings. The maximum atomic E-state index is 12.4. The highest BCUT2D eigenvalue weighted by molar-refractivity contribution is 6.03. The fraction of sp³-hybridized carbons (Fsp3) is 0.882. The van der Waals surface area contributed by atoms with Crippen molar-refractivity contribution in [1.82, 2.24) is 4.90 Å². The molecule has 0 saturated carbocycles. The molecule has 0 radical (unpaired) electrons. The van der Waals surface area contributed by atoms with Crippen molar-refractivity contribution in [2.75, 3.05) is 26.2 Å². The summed E-state index contributed by atoms with van der Waals surface area (Å²) in [5, 5.41) is 0. The molecule has 1 aliphatic rings. The van der Waals surface area contributed by atoms with Gasteiger partial charge in [-0.25, -0.2) is 0 Å². The van der Waals surface area contributed by atoms with Crippen LogP contribution in [0.15, 0.2) is 0 Å². The number of likely N-dealkylation sites (tertiary alicyclic amines) is 1. The first-order valence-corrected chi connectivity index (χ1v) is 8.21. The zero-order chi connectivity index (χ0) is 16.0. The molecule has 0 N–H and O–H groups in total. The molecule has 1 rings (SSSR count).